The molecular weight excluding hydrogens is 245 g/mol. The van der Waals surface area contributed by atoms with Gasteiger partial charge in [0.25, 0.3) is 0 Å². The molecule has 0 bridgehead atoms. The van der Waals surface area contributed by atoms with Gasteiger partial charge in [0.2, 0.25) is 0 Å². The second kappa shape index (κ2) is 4.88. The monoisotopic (exact) mass is 258 g/mol. The number of oxime groups is 1. The van der Waals surface area contributed by atoms with Gasteiger partial charge in [0.1, 0.15) is 0 Å². The van der Waals surface area contributed by atoms with Gasteiger partial charge in [-0.3, -0.25) is 0 Å². The van der Waals surface area contributed by atoms with E-state index in [0.29, 0.717) is 29.9 Å². The highest BCUT2D eigenvalue weighted by molar-refractivity contribution is 6.06. The van der Waals surface area contributed by atoms with Gasteiger partial charge in [0.15, 0.2) is 0 Å². The van der Waals surface area contributed by atoms with Crippen LogP contribution < -0.4 is 4.90 Å². The molecule has 1 aliphatic rings. The van der Waals surface area contributed by atoms with E-state index >= 15 is 0 Å². The fourth-order valence-electron chi connectivity index (χ4n) is 2.09. The van der Waals surface area contributed by atoms with Gasteiger partial charge in [0.05, 0.1) is 12.1 Å². The Morgan fingerprint density at radius 3 is 2.67 bits per heavy atom. The van der Waals surface area contributed by atoms with Crippen molar-refractivity contribution in [3.05, 3.63) is 29.8 Å². The molecule has 98 valence electrons. The quantitative estimate of drug-likeness (QED) is 0.653. The lowest BCUT2D eigenvalue weighted by Crippen LogP contribution is -2.35. The molecule has 18 heavy (non-hydrogen) atoms. The standard InChI is InChI=1S/C12H13F3N2O/c13-12(14,15)6-8-17-7-5-10(16-18)9-3-1-2-4-11(9)17/h1-4,18H,5-8H2. The van der Waals surface area contributed by atoms with Gasteiger partial charge in [-0.15, -0.1) is 0 Å². The third-order valence-corrected chi connectivity index (χ3v) is 2.96. The predicted octanol–water partition coefficient (Wildman–Crippen LogP) is 3.03. The normalized spacial score (nSPS) is 17.9. The molecule has 1 aromatic rings. The first-order valence-corrected chi connectivity index (χ1v) is 5.63. The lowest BCUT2D eigenvalue weighted by Gasteiger charge is -2.31. The van der Waals surface area contributed by atoms with Crippen molar-refractivity contribution in [2.45, 2.75) is 19.0 Å². The van der Waals surface area contributed by atoms with E-state index in [1.807, 2.05) is 0 Å². The van der Waals surface area contributed by atoms with E-state index < -0.39 is 12.6 Å². The zero-order valence-corrected chi connectivity index (χ0v) is 9.61. The molecule has 1 heterocycles. The van der Waals surface area contributed by atoms with Crippen molar-refractivity contribution in [1.82, 2.24) is 0 Å². The van der Waals surface area contributed by atoms with E-state index in [2.05, 4.69) is 5.16 Å². The van der Waals surface area contributed by atoms with Crippen LogP contribution in [0, 0.1) is 0 Å². The Bertz CT molecular complexity index is 457. The van der Waals surface area contributed by atoms with Crippen LogP contribution in [-0.2, 0) is 0 Å². The first-order chi connectivity index (χ1) is 8.51. The molecule has 0 saturated heterocycles. The number of halogens is 3. The SMILES string of the molecule is ON=C1CCN(CCC(F)(F)F)c2ccccc21. The number of hydrogen-bond donors (Lipinski definition) is 1. The van der Waals surface area contributed by atoms with Gasteiger partial charge in [-0.05, 0) is 6.07 Å². The molecule has 0 unspecified atom stereocenters. The van der Waals surface area contributed by atoms with Crippen LogP contribution in [0.3, 0.4) is 0 Å². The highest BCUT2D eigenvalue weighted by Gasteiger charge is 2.29. The van der Waals surface area contributed by atoms with Crippen molar-refractivity contribution in [2.24, 2.45) is 5.16 Å². The number of benzene rings is 1. The molecule has 0 saturated carbocycles. The van der Waals surface area contributed by atoms with Gasteiger partial charge >= 0.3 is 6.18 Å². The molecule has 6 heteroatoms. The van der Waals surface area contributed by atoms with Crippen LogP contribution in [-0.4, -0.2) is 30.2 Å². The van der Waals surface area contributed by atoms with E-state index in [4.69, 9.17) is 5.21 Å². The summed E-state index contributed by atoms with van der Waals surface area (Å²) in [6, 6.07) is 7.04. The second-order valence-electron chi connectivity index (χ2n) is 4.17. The summed E-state index contributed by atoms with van der Waals surface area (Å²) in [5.74, 6) is 0. The minimum atomic E-state index is -4.15. The Kier molecular flexibility index (Phi) is 3.45. The Morgan fingerprint density at radius 1 is 1.28 bits per heavy atom. The van der Waals surface area contributed by atoms with E-state index in [0.717, 1.165) is 0 Å². The van der Waals surface area contributed by atoms with Crippen LogP contribution in [0.5, 0.6) is 0 Å². The maximum atomic E-state index is 12.2. The summed E-state index contributed by atoms with van der Waals surface area (Å²) < 4.78 is 36.7. The summed E-state index contributed by atoms with van der Waals surface area (Å²) in [5, 5.41) is 12.1. The Balaban J connectivity index is 2.20. The van der Waals surface area contributed by atoms with E-state index in [1.165, 1.54) is 0 Å². The Labute approximate surface area is 103 Å². The molecular formula is C12H13F3N2O. The molecule has 0 atom stereocenters. The third kappa shape index (κ3) is 2.75. The Morgan fingerprint density at radius 2 is 2.00 bits per heavy atom. The van der Waals surface area contributed by atoms with Crippen LogP contribution in [0.4, 0.5) is 18.9 Å². The van der Waals surface area contributed by atoms with Crippen LogP contribution in [0.1, 0.15) is 18.4 Å². The van der Waals surface area contributed by atoms with Crippen molar-refractivity contribution in [3.8, 4) is 0 Å². The molecule has 0 aromatic heterocycles. The number of hydrogen-bond acceptors (Lipinski definition) is 3. The van der Waals surface area contributed by atoms with Crippen LogP contribution >= 0.6 is 0 Å². The fourth-order valence-corrected chi connectivity index (χ4v) is 2.09. The minimum Gasteiger partial charge on any atom is -0.411 e. The summed E-state index contributed by atoms with van der Waals surface area (Å²) >= 11 is 0. The molecule has 0 aliphatic carbocycles. The lowest BCUT2D eigenvalue weighted by molar-refractivity contribution is -0.132. The maximum Gasteiger partial charge on any atom is 0.390 e. The number of anilines is 1. The number of nitrogens with zero attached hydrogens (tertiary/aromatic N) is 2. The zero-order valence-electron chi connectivity index (χ0n) is 9.61. The summed E-state index contributed by atoms with van der Waals surface area (Å²) in [5.41, 5.74) is 1.92. The van der Waals surface area contributed by atoms with Gasteiger partial charge in [0, 0.05) is 30.8 Å². The summed E-state index contributed by atoms with van der Waals surface area (Å²) in [6.45, 7) is 0.367. The number of fused-ring (bicyclic) bond motifs is 1. The van der Waals surface area contributed by atoms with E-state index in [-0.39, 0.29) is 6.54 Å². The van der Waals surface area contributed by atoms with Gasteiger partial charge < -0.3 is 10.1 Å². The highest BCUT2D eigenvalue weighted by atomic mass is 19.4. The van der Waals surface area contributed by atoms with Crippen molar-refractivity contribution in [1.29, 1.82) is 0 Å². The minimum absolute atomic E-state index is 0.0702. The average molecular weight is 258 g/mol. The largest absolute Gasteiger partial charge is 0.411 e. The molecule has 0 fully saturated rings. The molecule has 1 aliphatic heterocycles. The molecule has 3 nitrogen and oxygen atoms in total. The zero-order chi connectivity index (χ0) is 13.2. The maximum absolute atomic E-state index is 12.2. The smallest absolute Gasteiger partial charge is 0.390 e. The lowest BCUT2D eigenvalue weighted by atomic mass is 9.99. The van der Waals surface area contributed by atoms with Crippen molar-refractivity contribution in [2.75, 3.05) is 18.0 Å². The van der Waals surface area contributed by atoms with Crippen LogP contribution in [0.2, 0.25) is 0 Å². The van der Waals surface area contributed by atoms with Crippen molar-refractivity contribution >= 4 is 11.4 Å². The van der Waals surface area contributed by atoms with Gasteiger partial charge in [-0.1, -0.05) is 23.4 Å². The fraction of sp³-hybridized carbons (Fsp3) is 0.417. The molecule has 2 rings (SSSR count). The third-order valence-electron chi connectivity index (χ3n) is 2.96. The molecule has 0 radical (unpaired) electrons. The first kappa shape index (κ1) is 12.7. The second-order valence-corrected chi connectivity index (χ2v) is 4.17. The van der Waals surface area contributed by atoms with Crippen LogP contribution in [0.15, 0.2) is 29.4 Å². The molecule has 0 amide bonds. The van der Waals surface area contributed by atoms with Crippen molar-refractivity contribution in [3.63, 3.8) is 0 Å². The van der Waals surface area contributed by atoms with Crippen LogP contribution in [0.25, 0.3) is 0 Å². The summed E-state index contributed by atoms with van der Waals surface area (Å²) in [6.07, 6.45) is -4.54. The number of alkyl halides is 3. The van der Waals surface area contributed by atoms with Gasteiger partial charge in [-0.25, -0.2) is 0 Å². The van der Waals surface area contributed by atoms with Gasteiger partial charge in [-0.2, -0.15) is 13.2 Å². The predicted molar refractivity (Wildman–Crippen MR) is 62.3 cm³/mol. The Hall–Kier alpha value is -1.72. The first-order valence-electron chi connectivity index (χ1n) is 5.63. The van der Waals surface area contributed by atoms with Crippen molar-refractivity contribution < 1.29 is 18.4 Å². The summed E-state index contributed by atoms with van der Waals surface area (Å²) in [4.78, 5) is 1.68. The number of para-hydroxylation sites is 1. The molecule has 1 N–H and O–H groups in total. The van der Waals surface area contributed by atoms with E-state index in [9.17, 15) is 13.2 Å². The number of rotatable bonds is 2. The summed E-state index contributed by atoms with van der Waals surface area (Å²) in [7, 11) is 0. The topological polar surface area (TPSA) is 35.8 Å². The molecule has 0 spiro atoms. The molecule has 1 aromatic carbocycles. The van der Waals surface area contributed by atoms with E-state index in [1.54, 1.807) is 29.2 Å². The highest BCUT2D eigenvalue weighted by Crippen LogP contribution is 2.29. The average Bonchev–Trinajstić information content (AvgIpc) is 2.35.